The van der Waals surface area contributed by atoms with Crippen molar-refractivity contribution < 1.29 is 4.43 Å². The van der Waals surface area contributed by atoms with E-state index in [2.05, 4.69) is 165 Å². The maximum Gasteiger partial charge on any atom is 0.217 e. The molecule has 0 radical (unpaired) electrons. The summed E-state index contributed by atoms with van der Waals surface area (Å²) in [7, 11) is -0.0784. The van der Waals surface area contributed by atoms with Crippen LogP contribution in [0.15, 0.2) is 121 Å². The van der Waals surface area contributed by atoms with Gasteiger partial charge in [0.2, 0.25) is 8.32 Å². The molecule has 0 aliphatic heterocycles. The van der Waals surface area contributed by atoms with Crippen molar-refractivity contribution in [3.05, 3.63) is 138 Å². The second kappa shape index (κ2) is 11.5. The molecule has 0 fully saturated rings. The molecule has 0 bridgehead atoms. The molecule has 0 atom stereocenters. The lowest BCUT2D eigenvalue weighted by Crippen LogP contribution is -2.43. The zero-order valence-electron chi connectivity index (χ0n) is 24.3. The first-order valence-electron chi connectivity index (χ1n) is 13.8. The third kappa shape index (κ3) is 5.89. The smallest absolute Gasteiger partial charge is 0.217 e. The first-order valence-corrected chi connectivity index (χ1v) is 16.7. The van der Waals surface area contributed by atoms with E-state index < -0.39 is 8.32 Å². The zero-order chi connectivity index (χ0) is 28.3. The number of aryl methyl sites for hydroxylation is 3. The van der Waals surface area contributed by atoms with Crippen molar-refractivity contribution in [2.45, 2.75) is 33.9 Å². The standard InChI is InChI=1S/C36H38N2OSi/c1-27-10-7-13-33(24-27)37(32-20-22-36(23-21-32)40(5,6)39-4)30-16-18-31(19-17-30)38(34-14-8-11-28(2)25-34)35-15-9-12-29(3)26-35/h7-26H,1-6H3. The molecule has 3 nitrogen and oxygen atoms in total. The first kappa shape index (κ1) is 27.4. The van der Waals surface area contributed by atoms with Gasteiger partial charge in [0.25, 0.3) is 0 Å². The van der Waals surface area contributed by atoms with Crippen molar-refractivity contribution in [1.82, 2.24) is 0 Å². The molecule has 0 aliphatic rings. The van der Waals surface area contributed by atoms with Crippen LogP contribution in [0.4, 0.5) is 34.1 Å². The van der Waals surface area contributed by atoms with E-state index in [0.29, 0.717) is 0 Å². The molecule has 5 aromatic rings. The highest BCUT2D eigenvalue weighted by Crippen LogP contribution is 2.39. The number of hydrogen-bond acceptors (Lipinski definition) is 3. The van der Waals surface area contributed by atoms with Crippen LogP contribution in [0.2, 0.25) is 13.1 Å². The van der Waals surface area contributed by atoms with Gasteiger partial charge in [0, 0.05) is 41.2 Å². The van der Waals surface area contributed by atoms with Gasteiger partial charge in [0.15, 0.2) is 0 Å². The Labute approximate surface area is 240 Å². The quantitative estimate of drug-likeness (QED) is 0.182. The van der Waals surface area contributed by atoms with E-state index in [1.807, 2.05) is 7.11 Å². The minimum atomic E-state index is -1.90. The first-order chi connectivity index (χ1) is 19.2. The molecule has 0 aromatic heterocycles. The number of rotatable bonds is 8. The maximum absolute atomic E-state index is 5.85. The molecule has 4 heteroatoms. The van der Waals surface area contributed by atoms with Gasteiger partial charge >= 0.3 is 0 Å². The van der Waals surface area contributed by atoms with Crippen molar-refractivity contribution in [3.63, 3.8) is 0 Å². The largest absolute Gasteiger partial charge is 0.416 e. The van der Waals surface area contributed by atoms with E-state index in [1.165, 1.54) is 21.9 Å². The lowest BCUT2D eigenvalue weighted by atomic mass is 10.1. The van der Waals surface area contributed by atoms with Gasteiger partial charge < -0.3 is 14.2 Å². The third-order valence-electron chi connectivity index (χ3n) is 7.48. The monoisotopic (exact) mass is 542 g/mol. The summed E-state index contributed by atoms with van der Waals surface area (Å²) in [5, 5.41) is 1.28. The Hall–Kier alpha value is -4.12. The Morgan fingerprint density at radius 3 is 1.10 bits per heavy atom. The van der Waals surface area contributed by atoms with Gasteiger partial charge in [-0.05, 0) is 129 Å². The van der Waals surface area contributed by atoms with E-state index in [-0.39, 0.29) is 0 Å². The van der Waals surface area contributed by atoms with E-state index in [1.54, 1.807) is 0 Å². The fourth-order valence-electron chi connectivity index (χ4n) is 5.08. The summed E-state index contributed by atoms with van der Waals surface area (Å²) in [6.45, 7) is 10.9. The maximum atomic E-state index is 5.85. The Morgan fingerprint density at radius 1 is 0.450 bits per heavy atom. The van der Waals surface area contributed by atoms with E-state index in [0.717, 1.165) is 34.1 Å². The van der Waals surface area contributed by atoms with Crippen LogP contribution in [-0.4, -0.2) is 15.4 Å². The molecule has 0 saturated heterocycles. The number of anilines is 6. The van der Waals surface area contributed by atoms with Gasteiger partial charge in [-0.25, -0.2) is 0 Å². The van der Waals surface area contributed by atoms with Crippen molar-refractivity contribution in [2.24, 2.45) is 0 Å². The van der Waals surface area contributed by atoms with Crippen molar-refractivity contribution in [2.75, 3.05) is 16.9 Å². The van der Waals surface area contributed by atoms with Crippen LogP contribution in [0.25, 0.3) is 0 Å². The molecular formula is C36H38N2OSi. The molecule has 5 rings (SSSR count). The zero-order valence-corrected chi connectivity index (χ0v) is 25.3. The molecule has 0 unspecified atom stereocenters. The predicted octanol–water partition coefficient (Wildman–Crippen LogP) is 9.61. The summed E-state index contributed by atoms with van der Waals surface area (Å²) < 4.78 is 5.85. The van der Waals surface area contributed by atoms with Crippen LogP contribution >= 0.6 is 0 Å². The molecule has 0 heterocycles. The minimum Gasteiger partial charge on any atom is -0.416 e. The predicted molar refractivity (Wildman–Crippen MR) is 174 cm³/mol. The van der Waals surface area contributed by atoms with Crippen molar-refractivity contribution in [1.29, 1.82) is 0 Å². The summed E-state index contributed by atoms with van der Waals surface area (Å²) >= 11 is 0. The van der Waals surface area contributed by atoms with Crippen molar-refractivity contribution >= 4 is 47.6 Å². The van der Waals surface area contributed by atoms with Crippen molar-refractivity contribution in [3.8, 4) is 0 Å². The molecular weight excluding hydrogens is 504 g/mol. The molecule has 0 amide bonds. The number of hydrogen-bond donors (Lipinski definition) is 0. The van der Waals surface area contributed by atoms with E-state index >= 15 is 0 Å². The lowest BCUT2D eigenvalue weighted by molar-refractivity contribution is 0.416. The summed E-state index contributed by atoms with van der Waals surface area (Å²) in [5.41, 5.74) is 10.5. The van der Waals surface area contributed by atoms with Crippen LogP contribution in [0, 0.1) is 20.8 Å². The van der Waals surface area contributed by atoms with Crippen LogP contribution in [0.5, 0.6) is 0 Å². The third-order valence-corrected chi connectivity index (χ3v) is 10.2. The summed E-state index contributed by atoms with van der Waals surface area (Å²) in [4.78, 5) is 4.65. The van der Waals surface area contributed by atoms with Crippen LogP contribution < -0.4 is 15.0 Å². The van der Waals surface area contributed by atoms with Crippen LogP contribution in [-0.2, 0) is 4.43 Å². The molecule has 202 valence electrons. The molecule has 40 heavy (non-hydrogen) atoms. The summed E-state index contributed by atoms with van der Waals surface area (Å²) in [5.74, 6) is 0. The molecule has 0 spiro atoms. The van der Waals surface area contributed by atoms with Gasteiger partial charge in [-0.15, -0.1) is 0 Å². The van der Waals surface area contributed by atoms with Gasteiger partial charge in [0.05, 0.1) is 0 Å². The van der Waals surface area contributed by atoms with Gasteiger partial charge in [-0.2, -0.15) is 0 Å². The highest BCUT2D eigenvalue weighted by molar-refractivity contribution is 6.84. The lowest BCUT2D eigenvalue weighted by Gasteiger charge is -2.29. The molecule has 0 N–H and O–H groups in total. The van der Waals surface area contributed by atoms with Gasteiger partial charge in [-0.1, -0.05) is 48.5 Å². The minimum absolute atomic E-state index is 1.11. The SMILES string of the molecule is CO[Si](C)(C)c1ccc(N(c2ccc(N(c3cccc(C)c3)c3cccc(C)c3)cc2)c2cccc(C)c2)cc1. The Balaban J connectivity index is 1.58. The summed E-state index contributed by atoms with van der Waals surface area (Å²) in [6.07, 6.45) is 0. The number of benzene rings is 5. The second-order valence-electron chi connectivity index (χ2n) is 11.0. The average molecular weight is 543 g/mol. The normalized spacial score (nSPS) is 11.3. The Kier molecular flexibility index (Phi) is 7.92. The van der Waals surface area contributed by atoms with Crippen LogP contribution in [0.3, 0.4) is 0 Å². The number of nitrogens with zero attached hydrogens (tertiary/aromatic N) is 2. The highest BCUT2D eigenvalue weighted by atomic mass is 28.4. The Bertz CT molecular complexity index is 1550. The van der Waals surface area contributed by atoms with Gasteiger partial charge in [0.1, 0.15) is 0 Å². The fraction of sp³-hybridized carbons (Fsp3) is 0.167. The molecule has 0 saturated carbocycles. The van der Waals surface area contributed by atoms with E-state index in [4.69, 9.17) is 4.43 Å². The van der Waals surface area contributed by atoms with Crippen LogP contribution in [0.1, 0.15) is 16.7 Å². The van der Waals surface area contributed by atoms with E-state index in [9.17, 15) is 0 Å². The highest BCUT2D eigenvalue weighted by Gasteiger charge is 2.24. The summed E-state index contributed by atoms with van der Waals surface area (Å²) in [6, 6.07) is 43.8. The fourth-order valence-corrected chi connectivity index (χ4v) is 6.28. The second-order valence-corrected chi connectivity index (χ2v) is 15.0. The Morgan fingerprint density at radius 2 is 0.775 bits per heavy atom. The van der Waals surface area contributed by atoms with Gasteiger partial charge in [-0.3, -0.25) is 0 Å². The topological polar surface area (TPSA) is 15.7 Å². The molecule has 0 aliphatic carbocycles. The average Bonchev–Trinajstić information content (AvgIpc) is 2.95. The molecule has 5 aromatic carbocycles.